The lowest BCUT2D eigenvalue weighted by Gasteiger charge is -2.08. The fraction of sp³-hybridized carbons (Fsp3) is 0.286. The first-order valence-electron chi connectivity index (χ1n) is 6.13. The molecule has 0 aliphatic rings. The van der Waals surface area contributed by atoms with Gasteiger partial charge in [-0.25, -0.2) is 4.98 Å². The second kappa shape index (κ2) is 6.88. The second-order valence-corrected chi connectivity index (χ2v) is 4.89. The highest BCUT2D eigenvalue weighted by molar-refractivity contribution is 6.31. The molecule has 0 atom stereocenters. The van der Waals surface area contributed by atoms with E-state index in [4.69, 9.17) is 32.7 Å². The van der Waals surface area contributed by atoms with E-state index in [0.29, 0.717) is 40.8 Å². The van der Waals surface area contributed by atoms with Crippen molar-refractivity contribution in [2.75, 3.05) is 6.61 Å². The molecule has 0 saturated carbocycles. The molecule has 0 amide bonds. The van der Waals surface area contributed by atoms with Crippen molar-refractivity contribution in [1.82, 2.24) is 9.97 Å². The third-order valence-electron chi connectivity index (χ3n) is 2.50. The summed E-state index contributed by atoms with van der Waals surface area (Å²) in [5.41, 5.74) is 0.929. The van der Waals surface area contributed by atoms with Gasteiger partial charge in [-0.2, -0.15) is 4.98 Å². The molecule has 1 heterocycles. The fourth-order valence-electron chi connectivity index (χ4n) is 1.55. The van der Waals surface area contributed by atoms with Gasteiger partial charge in [0.1, 0.15) is 17.5 Å². The summed E-state index contributed by atoms with van der Waals surface area (Å²) in [4.78, 5) is 8.32. The first-order chi connectivity index (χ1) is 9.58. The molecule has 0 aliphatic heterocycles. The van der Waals surface area contributed by atoms with E-state index in [1.54, 1.807) is 18.2 Å². The normalized spacial score (nSPS) is 10.6. The number of nitrogens with zero attached hydrogens (tertiary/aromatic N) is 2. The Bertz CT molecular complexity index is 606. The Hall–Kier alpha value is -1.36. The van der Waals surface area contributed by atoms with Crippen molar-refractivity contribution >= 4 is 23.2 Å². The third-order valence-corrected chi connectivity index (χ3v) is 3.12. The maximum atomic E-state index is 5.97. The molecule has 0 aliphatic carbocycles. The number of aromatic nitrogens is 2. The first kappa shape index (κ1) is 15.0. The molecule has 0 bridgehead atoms. The van der Waals surface area contributed by atoms with Gasteiger partial charge in [-0.15, -0.1) is 0 Å². The van der Waals surface area contributed by atoms with E-state index in [-0.39, 0.29) is 0 Å². The molecule has 0 saturated heterocycles. The van der Waals surface area contributed by atoms with Crippen molar-refractivity contribution in [3.05, 3.63) is 45.8 Å². The summed E-state index contributed by atoms with van der Waals surface area (Å²) in [6.45, 7) is 4.69. The summed E-state index contributed by atoms with van der Waals surface area (Å²) in [5.74, 6) is 1.51. The predicted octanol–water partition coefficient (Wildman–Crippen LogP) is 4.42. The molecular weight excluding hydrogens is 299 g/mol. The van der Waals surface area contributed by atoms with E-state index < -0.39 is 0 Å². The Kier molecular flexibility index (Phi) is 5.17. The second-order valence-electron chi connectivity index (χ2n) is 4.10. The fourth-order valence-corrected chi connectivity index (χ4v) is 1.86. The van der Waals surface area contributed by atoms with Crippen molar-refractivity contribution in [1.29, 1.82) is 0 Å². The maximum Gasteiger partial charge on any atom is 0.224 e. The number of hydrogen-bond acceptors (Lipinski definition) is 4. The van der Waals surface area contributed by atoms with Crippen LogP contribution in [0.25, 0.3) is 0 Å². The largest absolute Gasteiger partial charge is 0.439 e. The summed E-state index contributed by atoms with van der Waals surface area (Å²) < 4.78 is 10.9. The molecule has 2 rings (SSSR count). The number of halogens is 2. The maximum absolute atomic E-state index is 5.97. The van der Waals surface area contributed by atoms with Gasteiger partial charge in [0, 0.05) is 17.7 Å². The summed E-state index contributed by atoms with van der Waals surface area (Å²) in [6.07, 6.45) is 0. The highest BCUT2D eigenvalue weighted by Crippen LogP contribution is 2.26. The minimum atomic E-state index is 0.299. The van der Waals surface area contributed by atoms with E-state index in [1.807, 2.05) is 19.9 Å². The Morgan fingerprint density at radius 3 is 2.65 bits per heavy atom. The van der Waals surface area contributed by atoms with Crippen molar-refractivity contribution in [2.45, 2.75) is 20.5 Å². The Morgan fingerprint density at radius 2 is 1.95 bits per heavy atom. The molecule has 0 unspecified atom stereocenters. The highest BCUT2D eigenvalue weighted by atomic mass is 35.5. The van der Waals surface area contributed by atoms with Crippen LogP contribution in [-0.2, 0) is 11.3 Å². The van der Waals surface area contributed by atoms with Crippen LogP contribution in [0, 0.1) is 6.92 Å². The predicted molar refractivity (Wildman–Crippen MR) is 78.6 cm³/mol. The third kappa shape index (κ3) is 4.07. The molecular formula is C14H14Cl2N2O2. The van der Waals surface area contributed by atoms with Gasteiger partial charge in [-0.1, -0.05) is 23.2 Å². The van der Waals surface area contributed by atoms with Gasteiger partial charge in [-0.3, -0.25) is 0 Å². The lowest BCUT2D eigenvalue weighted by molar-refractivity contribution is 0.128. The van der Waals surface area contributed by atoms with Crippen LogP contribution < -0.4 is 4.74 Å². The summed E-state index contributed by atoms with van der Waals surface area (Å²) in [7, 11) is 0. The first-order valence-corrected chi connectivity index (χ1v) is 6.89. The van der Waals surface area contributed by atoms with Crippen molar-refractivity contribution in [2.24, 2.45) is 0 Å². The minimum Gasteiger partial charge on any atom is -0.439 e. The van der Waals surface area contributed by atoms with E-state index in [9.17, 15) is 0 Å². The topological polar surface area (TPSA) is 44.2 Å². The van der Waals surface area contributed by atoms with Crippen LogP contribution in [0.3, 0.4) is 0 Å². The van der Waals surface area contributed by atoms with Gasteiger partial charge in [0.2, 0.25) is 5.88 Å². The molecule has 0 N–H and O–H groups in total. The molecule has 0 spiro atoms. The average Bonchev–Trinajstić information content (AvgIpc) is 2.40. The van der Waals surface area contributed by atoms with Gasteiger partial charge in [0.05, 0.1) is 0 Å². The zero-order chi connectivity index (χ0) is 14.5. The summed E-state index contributed by atoms with van der Waals surface area (Å²) in [5, 5.41) is 1.01. The van der Waals surface area contributed by atoms with Gasteiger partial charge >= 0.3 is 0 Å². The molecule has 4 nitrogen and oxygen atoms in total. The van der Waals surface area contributed by atoms with Gasteiger partial charge < -0.3 is 9.47 Å². The van der Waals surface area contributed by atoms with E-state index in [0.717, 1.165) is 5.56 Å². The van der Waals surface area contributed by atoms with E-state index in [1.165, 1.54) is 0 Å². The Morgan fingerprint density at radius 1 is 1.15 bits per heavy atom. The lowest BCUT2D eigenvalue weighted by Crippen LogP contribution is -2.01. The molecule has 2 aromatic rings. The molecule has 0 radical (unpaired) electrons. The number of hydrogen-bond donors (Lipinski definition) is 0. The number of benzene rings is 1. The van der Waals surface area contributed by atoms with Crippen molar-refractivity contribution in [3.8, 4) is 11.6 Å². The minimum absolute atomic E-state index is 0.299. The number of aryl methyl sites for hydroxylation is 1. The number of ether oxygens (including phenoxy) is 2. The molecule has 1 aromatic carbocycles. The highest BCUT2D eigenvalue weighted by Gasteiger charge is 2.06. The quantitative estimate of drug-likeness (QED) is 0.766. The zero-order valence-corrected chi connectivity index (χ0v) is 12.7. The summed E-state index contributed by atoms with van der Waals surface area (Å²) >= 11 is 11.9. The van der Waals surface area contributed by atoms with E-state index in [2.05, 4.69) is 9.97 Å². The SMILES string of the molecule is CCOCc1nc(Cl)cc(Oc2ccc(Cl)c(C)c2)n1. The van der Waals surface area contributed by atoms with Crippen LogP contribution >= 0.6 is 23.2 Å². The molecule has 0 fully saturated rings. The van der Waals surface area contributed by atoms with Crippen LogP contribution in [0.2, 0.25) is 10.2 Å². The van der Waals surface area contributed by atoms with Gasteiger partial charge in [-0.05, 0) is 37.6 Å². The number of rotatable bonds is 5. The zero-order valence-electron chi connectivity index (χ0n) is 11.2. The van der Waals surface area contributed by atoms with Crippen LogP contribution in [0.4, 0.5) is 0 Å². The Labute approximate surface area is 127 Å². The van der Waals surface area contributed by atoms with Crippen LogP contribution in [-0.4, -0.2) is 16.6 Å². The standard InChI is InChI=1S/C14H14Cl2N2O2/c1-3-19-8-13-17-12(16)7-14(18-13)20-10-4-5-11(15)9(2)6-10/h4-7H,3,8H2,1-2H3. The molecule has 1 aromatic heterocycles. The summed E-state index contributed by atoms with van der Waals surface area (Å²) in [6, 6.07) is 6.94. The molecule has 20 heavy (non-hydrogen) atoms. The Balaban J connectivity index is 2.19. The van der Waals surface area contributed by atoms with Crippen LogP contribution in [0.1, 0.15) is 18.3 Å². The lowest BCUT2D eigenvalue weighted by atomic mass is 10.2. The van der Waals surface area contributed by atoms with Crippen LogP contribution in [0.15, 0.2) is 24.3 Å². The van der Waals surface area contributed by atoms with Gasteiger partial charge in [0.25, 0.3) is 0 Å². The average molecular weight is 313 g/mol. The molecule has 6 heteroatoms. The van der Waals surface area contributed by atoms with Crippen LogP contribution in [0.5, 0.6) is 11.6 Å². The van der Waals surface area contributed by atoms with Crippen molar-refractivity contribution < 1.29 is 9.47 Å². The van der Waals surface area contributed by atoms with Crippen molar-refractivity contribution in [3.63, 3.8) is 0 Å². The van der Waals surface area contributed by atoms with Gasteiger partial charge in [0.15, 0.2) is 5.82 Å². The van der Waals surface area contributed by atoms with E-state index >= 15 is 0 Å². The monoisotopic (exact) mass is 312 g/mol. The molecule has 106 valence electrons. The smallest absolute Gasteiger partial charge is 0.224 e.